The van der Waals surface area contributed by atoms with Gasteiger partial charge < -0.3 is 5.32 Å². The first-order chi connectivity index (χ1) is 11.5. The van der Waals surface area contributed by atoms with E-state index in [-0.39, 0.29) is 23.6 Å². The minimum absolute atomic E-state index is 0.0262. The monoisotopic (exact) mass is 352 g/mol. The van der Waals surface area contributed by atoms with Crippen molar-refractivity contribution in [2.45, 2.75) is 51.3 Å². The third kappa shape index (κ3) is 5.05. The average molecular weight is 353 g/mol. The van der Waals surface area contributed by atoms with Crippen molar-refractivity contribution >= 4 is 15.9 Å². The number of sulfonamides is 1. The average Bonchev–Trinajstić information content (AvgIpc) is 2.60. The van der Waals surface area contributed by atoms with Crippen LogP contribution in [0.2, 0.25) is 0 Å². The molecule has 6 heteroatoms. The molecule has 0 aliphatic carbocycles. The maximum atomic E-state index is 12.5. The maximum Gasteiger partial charge on any atom is 0.223 e. The summed E-state index contributed by atoms with van der Waals surface area (Å²) >= 11 is 0. The minimum Gasteiger partial charge on any atom is -0.353 e. The van der Waals surface area contributed by atoms with Gasteiger partial charge in [0, 0.05) is 25.0 Å². The lowest BCUT2D eigenvalue weighted by atomic mass is 9.96. The number of hydrogen-bond donors (Lipinski definition) is 1. The van der Waals surface area contributed by atoms with E-state index >= 15 is 0 Å². The van der Waals surface area contributed by atoms with Crippen molar-refractivity contribution in [2.75, 3.05) is 13.1 Å². The number of amides is 1. The van der Waals surface area contributed by atoms with Crippen molar-refractivity contribution in [2.24, 2.45) is 5.92 Å². The van der Waals surface area contributed by atoms with Gasteiger partial charge in [-0.2, -0.15) is 0 Å². The van der Waals surface area contributed by atoms with Crippen LogP contribution in [-0.2, 0) is 20.6 Å². The summed E-state index contributed by atoms with van der Waals surface area (Å²) in [5.74, 6) is 0.0240. The van der Waals surface area contributed by atoms with Crippen molar-refractivity contribution in [3.63, 3.8) is 0 Å². The predicted molar refractivity (Wildman–Crippen MR) is 95.9 cm³/mol. The predicted octanol–water partition coefficient (Wildman–Crippen LogP) is 2.53. The quantitative estimate of drug-likeness (QED) is 0.820. The fraction of sp³-hybridized carbons (Fsp3) is 0.611. The number of carbonyl (C=O) groups excluding carboxylic acids is 1. The molecule has 1 aromatic rings. The third-order valence-corrected chi connectivity index (χ3v) is 6.59. The Kier molecular flexibility index (Phi) is 6.80. The molecule has 0 bridgehead atoms. The molecule has 0 saturated carbocycles. The highest BCUT2D eigenvalue weighted by atomic mass is 32.2. The molecular weight excluding hydrogens is 324 g/mol. The first-order valence-corrected chi connectivity index (χ1v) is 10.4. The molecule has 134 valence electrons. The molecule has 0 unspecified atom stereocenters. The van der Waals surface area contributed by atoms with Crippen LogP contribution >= 0.6 is 0 Å². The Morgan fingerprint density at radius 1 is 1.17 bits per heavy atom. The van der Waals surface area contributed by atoms with Gasteiger partial charge >= 0.3 is 0 Å². The van der Waals surface area contributed by atoms with Crippen molar-refractivity contribution in [1.29, 1.82) is 0 Å². The lowest BCUT2D eigenvalue weighted by Gasteiger charge is -2.31. The van der Waals surface area contributed by atoms with Crippen molar-refractivity contribution in [1.82, 2.24) is 9.62 Å². The normalized spacial score (nSPS) is 17.1. The number of nitrogens with zero attached hydrogens (tertiary/aromatic N) is 1. The first-order valence-electron chi connectivity index (χ1n) is 8.78. The molecule has 0 aromatic heterocycles. The molecule has 0 spiro atoms. The molecule has 0 atom stereocenters. The molecule has 1 aliphatic rings. The van der Waals surface area contributed by atoms with Gasteiger partial charge in [0.1, 0.15) is 0 Å². The molecule has 5 nitrogen and oxygen atoms in total. The Hall–Kier alpha value is -1.40. The zero-order valence-corrected chi connectivity index (χ0v) is 15.4. The van der Waals surface area contributed by atoms with Crippen LogP contribution in [0.15, 0.2) is 30.3 Å². The molecular formula is C18H28N2O3S. The highest BCUT2D eigenvalue weighted by Crippen LogP contribution is 2.22. The Bertz CT molecular complexity index is 619. The summed E-state index contributed by atoms with van der Waals surface area (Å²) in [6.07, 6.45) is 3.04. The van der Waals surface area contributed by atoms with Crippen molar-refractivity contribution < 1.29 is 13.2 Å². The molecule has 1 amide bonds. The number of carbonyl (C=O) groups is 1. The SMILES string of the molecule is CCC(CC)NC(=O)C1CCN(S(=O)(=O)Cc2ccccc2)CC1. The summed E-state index contributed by atoms with van der Waals surface area (Å²) in [4.78, 5) is 12.3. The van der Waals surface area contributed by atoms with E-state index in [0.29, 0.717) is 25.9 Å². The van der Waals surface area contributed by atoms with Gasteiger partial charge in [-0.3, -0.25) is 4.79 Å². The highest BCUT2D eigenvalue weighted by molar-refractivity contribution is 7.88. The van der Waals surface area contributed by atoms with E-state index in [2.05, 4.69) is 19.2 Å². The lowest BCUT2D eigenvalue weighted by molar-refractivity contribution is -0.126. The summed E-state index contributed by atoms with van der Waals surface area (Å²) in [5, 5.41) is 3.07. The molecule has 1 aliphatic heterocycles. The Balaban J connectivity index is 1.88. The van der Waals surface area contributed by atoms with Crippen LogP contribution in [0.25, 0.3) is 0 Å². The minimum atomic E-state index is -3.32. The molecule has 1 heterocycles. The van der Waals surface area contributed by atoms with E-state index in [9.17, 15) is 13.2 Å². The molecule has 1 aromatic carbocycles. The van der Waals surface area contributed by atoms with Crippen LogP contribution < -0.4 is 5.32 Å². The smallest absolute Gasteiger partial charge is 0.223 e. The number of benzene rings is 1. The van der Waals surface area contributed by atoms with Crippen LogP contribution in [-0.4, -0.2) is 37.8 Å². The largest absolute Gasteiger partial charge is 0.353 e. The van der Waals surface area contributed by atoms with Crippen molar-refractivity contribution in [3.05, 3.63) is 35.9 Å². The Morgan fingerprint density at radius 2 is 1.75 bits per heavy atom. The lowest BCUT2D eigenvalue weighted by Crippen LogP contribution is -2.45. The third-order valence-electron chi connectivity index (χ3n) is 4.74. The van der Waals surface area contributed by atoms with E-state index in [1.54, 1.807) is 0 Å². The van der Waals surface area contributed by atoms with Crippen LogP contribution in [0.4, 0.5) is 0 Å². The molecule has 2 rings (SSSR count). The molecule has 24 heavy (non-hydrogen) atoms. The van der Waals surface area contributed by atoms with Crippen LogP contribution in [0.5, 0.6) is 0 Å². The van der Waals surface area contributed by atoms with Gasteiger partial charge in [0.2, 0.25) is 15.9 Å². The van der Waals surface area contributed by atoms with Gasteiger partial charge in [0.25, 0.3) is 0 Å². The summed E-state index contributed by atoms with van der Waals surface area (Å²) < 4.78 is 26.6. The number of nitrogens with one attached hydrogen (secondary N) is 1. The number of piperidine rings is 1. The first kappa shape index (κ1) is 18.9. The standard InChI is InChI=1S/C18H28N2O3S/c1-3-17(4-2)19-18(21)16-10-12-20(13-11-16)24(22,23)14-15-8-6-5-7-9-15/h5-9,16-17H,3-4,10-14H2,1-2H3,(H,19,21). The summed E-state index contributed by atoms with van der Waals surface area (Å²) in [5.41, 5.74) is 0.797. The molecule has 1 fully saturated rings. The topological polar surface area (TPSA) is 66.5 Å². The molecule has 1 saturated heterocycles. The fourth-order valence-corrected chi connectivity index (χ4v) is 4.65. The van der Waals surface area contributed by atoms with E-state index in [4.69, 9.17) is 0 Å². The Morgan fingerprint density at radius 3 is 2.29 bits per heavy atom. The summed E-state index contributed by atoms with van der Waals surface area (Å²) in [6, 6.07) is 9.44. The molecule has 0 radical (unpaired) electrons. The van der Waals surface area contributed by atoms with Gasteiger partial charge in [-0.1, -0.05) is 44.2 Å². The van der Waals surface area contributed by atoms with E-state index in [1.165, 1.54) is 4.31 Å². The van der Waals surface area contributed by atoms with Crippen LogP contribution in [0, 0.1) is 5.92 Å². The van der Waals surface area contributed by atoms with E-state index in [1.807, 2.05) is 30.3 Å². The van der Waals surface area contributed by atoms with Crippen molar-refractivity contribution in [3.8, 4) is 0 Å². The number of hydrogen-bond acceptors (Lipinski definition) is 3. The van der Waals surface area contributed by atoms with Crippen LogP contribution in [0.3, 0.4) is 0 Å². The second-order valence-corrected chi connectivity index (χ2v) is 8.41. The fourth-order valence-electron chi connectivity index (χ4n) is 3.08. The molecule has 1 N–H and O–H groups in total. The summed E-state index contributed by atoms with van der Waals surface area (Å²) in [7, 11) is -3.32. The maximum absolute atomic E-state index is 12.5. The van der Waals surface area contributed by atoms with Gasteiger partial charge in [-0.25, -0.2) is 12.7 Å². The van der Waals surface area contributed by atoms with E-state index < -0.39 is 10.0 Å². The Labute approximate surface area is 145 Å². The van der Waals surface area contributed by atoms with E-state index in [0.717, 1.165) is 18.4 Å². The second kappa shape index (κ2) is 8.62. The summed E-state index contributed by atoms with van der Waals surface area (Å²) in [6.45, 7) is 4.98. The van der Waals surface area contributed by atoms with Crippen LogP contribution in [0.1, 0.15) is 45.1 Å². The zero-order chi connectivity index (χ0) is 17.6. The highest BCUT2D eigenvalue weighted by Gasteiger charge is 2.31. The van der Waals surface area contributed by atoms with Gasteiger partial charge in [-0.15, -0.1) is 0 Å². The second-order valence-electron chi connectivity index (χ2n) is 6.44. The number of rotatable bonds is 7. The van der Waals surface area contributed by atoms with Gasteiger partial charge in [0.05, 0.1) is 5.75 Å². The van der Waals surface area contributed by atoms with Gasteiger partial charge in [-0.05, 0) is 31.2 Å². The zero-order valence-electron chi connectivity index (χ0n) is 14.6. The van der Waals surface area contributed by atoms with Gasteiger partial charge in [0.15, 0.2) is 0 Å².